The Kier molecular flexibility index (Phi) is 5.09. The van der Waals surface area contributed by atoms with E-state index in [1.807, 2.05) is 0 Å². The van der Waals surface area contributed by atoms with Gasteiger partial charge >= 0.3 is 0 Å². The lowest BCUT2D eigenvalue weighted by atomic mass is 10.1. The quantitative estimate of drug-likeness (QED) is 0.816. The van der Waals surface area contributed by atoms with Crippen molar-refractivity contribution in [3.63, 3.8) is 0 Å². The predicted octanol–water partition coefficient (Wildman–Crippen LogP) is 3.78. The minimum atomic E-state index is -3.52. The third-order valence-electron chi connectivity index (χ3n) is 4.78. The van der Waals surface area contributed by atoms with Gasteiger partial charge in [0.2, 0.25) is 10.0 Å². The molecule has 1 aliphatic rings. The van der Waals surface area contributed by atoms with E-state index in [2.05, 4.69) is 36.9 Å². The maximum absolute atomic E-state index is 13.0. The summed E-state index contributed by atoms with van der Waals surface area (Å²) in [6.45, 7) is 8.23. The Labute approximate surface area is 155 Å². The molecule has 0 spiro atoms. The largest absolute Gasteiger partial charge is 0.369 e. The Morgan fingerprint density at radius 2 is 1.64 bits per heavy atom. The number of sulfonamides is 1. The van der Waals surface area contributed by atoms with E-state index in [-0.39, 0.29) is 0 Å². The van der Waals surface area contributed by atoms with Gasteiger partial charge in [0.25, 0.3) is 0 Å². The highest BCUT2D eigenvalue weighted by molar-refractivity contribution is 7.89. The van der Waals surface area contributed by atoms with Crippen molar-refractivity contribution in [2.24, 2.45) is 0 Å². The van der Waals surface area contributed by atoms with Gasteiger partial charge in [-0.25, -0.2) is 8.42 Å². The number of nitrogens with zero attached hydrogens (tertiary/aromatic N) is 2. The number of aryl methyl sites for hydroxylation is 2. The van der Waals surface area contributed by atoms with Crippen LogP contribution in [0.1, 0.15) is 16.7 Å². The Hall–Kier alpha value is -1.56. The lowest BCUT2D eigenvalue weighted by Crippen LogP contribution is -2.49. The Bertz CT molecular complexity index is 888. The van der Waals surface area contributed by atoms with E-state index >= 15 is 0 Å². The molecule has 3 rings (SSSR count). The van der Waals surface area contributed by atoms with E-state index in [4.69, 9.17) is 11.6 Å². The smallest absolute Gasteiger partial charge is 0.243 e. The molecule has 0 unspecified atom stereocenters. The minimum Gasteiger partial charge on any atom is -0.369 e. The molecule has 0 aromatic heterocycles. The van der Waals surface area contributed by atoms with Gasteiger partial charge in [0.05, 0.1) is 4.90 Å². The highest BCUT2D eigenvalue weighted by atomic mass is 35.5. The molecule has 0 bridgehead atoms. The summed E-state index contributed by atoms with van der Waals surface area (Å²) in [7, 11) is -3.52. The van der Waals surface area contributed by atoms with Crippen molar-refractivity contribution < 1.29 is 8.42 Å². The molecule has 0 aliphatic carbocycles. The first-order chi connectivity index (χ1) is 11.8. The van der Waals surface area contributed by atoms with Gasteiger partial charge in [0.15, 0.2) is 0 Å². The number of piperazine rings is 1. The molecule has 1 fully saturated rings. The monoisotopic (exact) mass is 378 g/mol. The second kappa shape index (κ2) is 6.98. The van der Waals surface area contributed by atoms with Gasteiger partial charge in [-0.2, -0.15) is 4.31 Å². The van der Waals surface area contributed by atoms with Gasteiger partial charge in [0, 0.05) is 36.9 Å². The molecule has 1 aliphatic heterocycles. The first kappa shape index (κ1) is 18.2. The molecule has 2 aromatic carbocycles. The van der Waals surface area contributed by atoms with Crippen LogP contribution in [0.5, 0.6) is 0 Å². The first-order valence-electron chi connectivity index (χ1n) is 8.38. The molecule has 0 amide bonds. The van der Waals surface area contributed by atoms with E-state index in [1.165, 1.54) is 16.8 Å². The summed E-state index contributed by atoms with van der Waals surface area (Å²) in [5.41, 5.74) is 4.23. The van der Waals surface area contributed by atoms with E-state index in [0.29, 0.717) is 41.7 Å². The van der Waals surface area contributed by atoms with Gasteiger partial charge in [-0.1, -0.05) is 29.8 Å². The summed E-state index contributed by atoms with van der Waals surface area (Å²) >= 11 is 6.10. The summed E-state index contributed by atoms with van der Waals surface area (Å²) in [4.78, 5) is 2.57. The SMILES string of the molecule is Cc1ccc(C)c(N2CCN(S(=O)(=O)c3cccc(Cl)c3C)CC2)c1. The topological polar surface area (TPSA) is 40.6 Å². The second-order valence-corrected chi connectivity index (χ2v) is 8.86. The molecule has 0 atom stereocenters. The third kappa shape index (κ3) is 3.54. The first-order valence-corrected chi connectivity index (χ1v) is 10.2. The zero-order valence-corrected chi connectivity index (χ0v) is 16.4. The van der Waals surface area contributed by atoms with Crippen molar-refractivity contribution in [1.82, 2.24) is 4.31 Å². The molecule has 2 aromatic rings. The van der Waals surface area contributed by atoms with Crippen LogP contribution in [0, 0.1) is 20.8 Å². The highest BCUT2D eigenvalue weighted by Crippen LogP contribution is 2.28. The maximum Gasteiger partial charge on any atom is 0.243 e. The van der Waals surface area contributed by atoms with E-state index < -0.39 is 10.0 Å². The van der Waals surface area contributed by atoms with Gasteiger partial charge in [0.1, 0.15) is 0 Å². The second-order valence-electron chi connectivity index (χ2n) is 6.54. The Balaban J connectivity index is 1.80. The molecule has 134 valence electrons. The van der Waals surface area contributed by atoms with E-state index in [9.17, 15) is 8.42 Å². The molecular formula is C19H23ClN2O2S. The molecule has 0 radical (unpaired) electrons. The summed E-state index contributed by atoms with van der Waals surface area (Å²) < 4.78 is 27.5. The molecule has 1 heterocycles. The average Bonchev–Trinajstić information content (AvgIpc) is 2.59. The standard InChI is InChI=1S/C19H23ClN2O2S/c1-14-7-8-15(2)18(13-14)21-9-11-22(12-10-21)25(23,24)19-6-4-5-17(20)16(19)3/h4-8,13H,9-12H2,1-3H3. The summed E-state index contributed by atoms with van der Waals surface area (Å²) in [5.74, 6) is 0. The highest BCUT2D eigenvalue weighted by Gasteiger charge is 2.30. The molecular weight excluding hydrogens is 356 g/mol. The fourth-order valence-electron chi connectivity index (χ4n) is 3.24. The number of hydrogen-bond donors (Lipinski definition) is 0. The zero-order chi connectivity index (χ0) is 18.2. The van der Waals surface area contributed by atoms with E-state index in [1.54, 1.807) is 29.4 Å². The summed E-state index contributed by atoms with van der Waals surface area (Å²) in [5, 5.41) is 0.482. The van der Waals surface area contributed by atoms with Crippen molar-refractivity contribution in [3.05, 3.63) is 58.1 Å². The van der Waals surface area contributed by atoms with Crippen LogP contribution >= 0.6 is 11.6 Å². The molecule has 0 N–H and O–H groups in total. The number of rotatable bonds is 3. The third-order valence-corrected chi connectivity index (χ3v) is 7.23. The lowest BCUT2D eigenvalue weighted by Gasteiger charge is -2.36. The molecule has 6 heteroatoms. The number of anilines is 1. The van der Waals surface area contributed by atoms with Gasteiger partial charge in [-0.3, -0.25) is 0 Å². The maximum atomic E-state index is 13.0. The summed E-state index contributed by atoms with van der Waals surface area (Å²) in [6.07, 6.45) is 0. The lowest BCUT2D eigenvalue weighted by molar-refractivity contribution is 0.384. The zero-order valence-electron chi connectivity index (χ0n) is 14.8. The molecule has 1 saturated heterocycles. The normalized spacial score (nSPS) is 16.2. The van der Waals surface area contributed by atoms with Crippen molar-refractivity contribution >= 4 is 27.3 Å². The van der Waals surface area contributed by atoms with Crippen LogP contribution in [-0.4, -0.2) is 38.9 Å². The van der Waals surface area contributed by atoms with Crippen LogP contribution in [0.4, 0.5) is 5.69 Å². The summed E-state index contributed by atoms with van der Waals surface area (Å²) in [6, 6.07) is 11.4. The van der Waals surface area contributed by atoms with Gasteiger partial charge < -0.3 is 4.90 Å². The van der Waals surface area contributed by atoms with Crippen LogP contribution in [-0.2, 0) is 10.0 Å². The van der Waals surface area contributed by atoms with Crippen molar-refractivity contribution in [3.8, 4) is 0 Å². The van der Waals surface area contributed by atoms with Crippen molar-refractivity contribution in [2.75, 3.05) is 31.1 Å². The van der Waals surface area contributed by atoms with Crippen LogP contribution < -0.4 is 4.90 Å². The van der Waals surface area contributed by atoms with Gasteiger partial charge in [-0.15, -0.1) is 0 Å². The van der Waals surface area contributed by atoms with Crippen LogP contribution in [0.15, 0.2) is 41.3 Å². The fourth-order valence-corrected chi connectivity index (χ4v) is 5.14. The van der Waals surface area contributed by atoms with Crippen molar-refractivity contribution in [2.45, 2.75) is 25.7 Å². The Morgan fingerprint density at radius 1 is 0.960 bits per heavy atom. The predicted molar refractivity (Wildman–Crippen MR) is 103 cm³/mol. The number of hydrogen-bond acceptors (Lipinski definition) is 3. The van der Waals surface area contributed by atoms with E-state index in [0.717, 1.165) is 0 Å². The Morgan fingerprint density at radius 3 is 2.32 bits per heavy atom. The van der Waals surface area contributed by atoms with Crippen LogP contribution in [0.25, 0.3) is 0 Å². The van der Waals surface area contributed by atoms with Gasteiger partial charge in [-0.05, 0) is 55.7 Å². The number of halogens is 1. The molecule has 25 heavy (non-hydrogen) atoms. The minimum absolute atomic E-state index is 0.306. The number of benzene rings is 2. The molecule has 4 nitrogen and oxygen atoms in total. The fraction of sp³-hybridized carbons (Fsp3) is 0.368. The van der Waals surface area contributed by atoms with Crippen LogP contribution in [0.3, 0.4) is 0 Å². The van der Waals surface area contributed by atoms with Crippen LogP contribution in [0.2, 0.25) is 5.02 Å². The molecule has 0 saturated carbocycles. The average molecular weight is 379 g/mol. The van der Waals surface area contributed by atoms with Crippen molar-refractivity contribution in [1.29, 1.82) is 0 Å².